The third-order valence-electron chi connectivity index (χ3n) is 4.19. The number of thioether (sulfide) groups is 1. The summed E-state index contributed by atoms with van der Waals surface area (Å²) in [6.45, 7) is 5.96. The number of rotatable bonds is 5. The van der Waals surface area contributed by atoms with Crippen LogP contribution in [0.1, 0.15) is 27.3 Å². The van der Waals surface area contributed by atoms with Gasteiger partial charge in [-0.15, -0.1) is 5.10 Å². The highest BCUT2D eigenvalue weighted by atomic mass is 32.2. The number of carbonyl (C=O) groups excluding carboxylic acids is 1. The van der Waals surface area contributed by atoms with Crippen molar-refractivity contribution in [3.05, 3.63) is 52.8 Å². The van der Waals surface area contributed by atoms with Gasteiger partial charge in [-0.1, -0.05) is 30.0 Å². The van der Waals surface area contributed by atoms with Crippen LogP contribution < -0.4 is 0 Å². The Balaban J connectivity index is 1.79. The van der Waals surface area contributed by atoms with E-state index in [-0.39, 0.29) is 5.78 Å². The van der Waals surface area contributed by atoms with Gasteiger partial charge in [0.05, 0.1) is 11.4 Å². The number of aromatic nitrogens is 5. The number of carbonyl (C=O) groups is 1. The average molecular weight is 341 g/mol. The number of Topliss-reactive ketones (excluding diaryl/α,β-unsaturated/α-hetero) is 1. The third-order valence-corrected chi connectivity index (χ3v) is 5.11. The lowest BCUT2D eigenvalue weighted by molar-refractivity contribution is 0.102. The molecule has 2 heterocycles. The molecule has 2 aromatic heterocycles. The Morgan fingerprint density at radius 3 is 2.62 bits per heavy atom. The van der Waals surface area contributed by atoms with Gasteiger partial charge in [-0.2, -0.15) is 4.68 Å². The third kappa shape index (κ3) is 2.99. The Hall–Kier alpha value is -2.41. The van der Waals surface area contributed by atoms with E-state index in [1.54, 1.807) is 4.68 Å². The molecule has 0 amide bonds. The molecule has 0 N–H and O–H groups in total. The van der Waals surface area contributed by atoms with Gasteiger partial charge in [-0.3, -0.25) is 4.79 Å². The highest BCUT2D eigenvalue weighted by molar-refractivity contribution is 7.99. The first-order chi connectivity index (χ1) is 11.5. The van der Waals surface area contributed by atoms with Crippen molar-refractivity contribution in [1.82, 2.24) is 24.8 Å². The Morgan fingerprint density at radius 2 is 1.96 bits per heavy atom. The predicted octanol–water partition coefficient (Wildman–Crippen LogP) is 2.90. The lowest BCUT2D eigenvalue weighted by Crippen LogP contribution is -2.07. The second-order valence-corrected chi connectivity index (χ2v) is 6.66. The highest BCUT2D eigenvalue weighted by Gasteiger charge is 2.17. The van der Waals surface area contributed by atoms with Crippen LogP contribution in [0.2, 0.25) is 0 Å². The second kappa shape index (κ2) is 6.60. The molecule has 0 bridgehead atoms. The zero-order valence-corrected chi connectivity index (χ0v) is 15.0. The topological polar surface area (TPSA) is 65.6 Å². The molecule has 0 radical (unpaired) electrons. The van der Waals surface area contributed by atoms with Crippen LogP contribution in [0, 0.1) is 20.8 Å². The van der Waals surface area contributed by atoms with Gasteiger partial charge in [0.1, 0.15) is 0 Å². The van der Waals surface area contributed by atoms with Crippen LogP contribution in [0.3, 0.4) is 0 Å². The molecule has 0 unspecified atom stereocenters. The SMILES string of the molecule is Cc1ccccc1-n1nnnc1SCC(=O)c1cc(C)n(C)c1C. The fourth-order valence-electron chi connectivity index (χ4n) is 2.57. The predicted molar refractivity (Wildman–Crippen MR) is 93.8 cm³/mol. The van der Waals surface area contributed by atoms with Gasteiger partial charge in [0.15, 0.2) is 5.78 Å². The van der Waals surface area contributed by atoms with Crippen LogP contribution >= 0.6 is 11.8 Å². The summed E-state index contributed by atoms with van der Waals surface area (Å²) in [6.07, 6.45) is 0. The summed E-state index contributed by atoms with van der Waals surface area (Å²) in [6, 6.07) is 9.82. The second-order valence-electron chi connectivity index (χ2n) is 5.72. The largest absolute Gasteiger partial charge is 0.351 e. The number of aryl methyl sites for hydroxylation is 2. The fraction of sp³-hybridized carbons (Fsp3) is 0.294. The Morgan fingerprint density at radius 1 is 1.21 bits per heavy atom. The zero-order chi connectivity index (χ0) is 17.3. The number of hydrogen-bond acceptors (Lipinski definition) is 5. The van der Waals surface area contributed by atoms with Gasteiger partial charge < -0.3 is 4.57 Å². The Bertz CT molecular complexity index is 896. The number of ketones is 1. The molecular formula is C17H19N5OS. The molecule has 0 saturated heterocycles. The summed E-state index contributed by atoms with van der Waals surface area (Å²) in [5, 5.41) is 12.5. The Kier molecular flexibility index (Phi) is 4.53. The van der Waals surface area contributed by atoms with Crippen molar-refractivity contribution in [2.75, 3.05) is 5.75 Å². The summed E-state index contributed by atoms with van der Waals surface area (Å²) in [5.74, 6) is 0.386. The average Bonchev–Trinajstić information content (AvgIpc) is 3.13. The maximum absolute atomic E-state index is 12.5. The first-order valence-electron chi connectivity index (χ1n) is 7.62. The minimum Gasteiger partial charge on any atom is -0.351 e. The van der Waals surface area contributed by atoms with Crippen molar-refractivity contribution in [1.29, 1.82) is 0 Å². The van der Waals surface area contributed by atoms with Crippen molar-refractivity contribution in [2.45, 2.75) is 25.9 Å². The minimum atomic E-state index is 0.0838. The number of tetrazole rings is 1. The summed E-state index contributed by atoms with van der Waals surface area (Å²) < 4.78 is 3.70. The molecule has 3 aromatic rings. The summed E-state index contributed by atoms with van der Waals surface area (Å²) in [7, 11) is 1.97. The molecule has 124 valence electrons. The highest BCUT2D eigenvalue weighted by Crippen LogP contribution is 2.22. The standard InChI is InChI=1S/C17H19N5OS/c1-11-7-5-6-8-15(11)22-17(18-19-20-22)24-10-16(23)14-9-12(2)21(4)13(14)3/h5-9H,10H2,1-4H3. The number of nitrogens with zero attached hydrogens (tertiary/aromatic N) is 5. The molecule has 0 aliphatic rings. The van der Waals surface area contributed by atoms with E-state index in [2.05, 4.69) is 15.5 Å². The molecule has 0 aliphatic heterocycles. The zero-order valence-electron chi connectivity index (χ0n) is 14.1. The van der Waals surface area contributed by atoms with E-state index < -0.39 is 0 Å². The molecular weight excluding hydrogens is 322 g/mol. The fourth-order valence-corrected chi connectivity index (χ4v) is 3.33. The van der Waals surface area contributed by atoms with Crippen LogP contribution in [-0.4, -0.2) is 36.3 Å². The molecule has 7 heteroatoms. The van der Waals surface area contributed by atoms with Crippen molar-refractivity contribution >= 4 is 17.5 Å². The van der Waals surface area contributed by atoms with E-state index in [1.807, 2.05) is 62.7 Å². The normalized spacial score (nSPS) is 11.0. The summed E-state index contributed by atoms with van der Waals surface area (Å²) >= 11 is 1.35. The first-order valence-corrected chi connectivity index (χ1v) is 8.61. The van der Waals surface area contributed by atoms with E-state index in [1.165, 1.54) is 11.8 Å². The van der Waals surface area contributed by atoms with Gasteiger partial charge in [0.25, 0.3) is 0 Å². The molecule has 0 atom stereocenters. The molecule has 0 fully saturated rings. The van der Waals surface area contributed by atoms with Crippen molar-refractivity contribution in [3.63, 3.8) is 0 Å². The van der Waals surface area contributed by atoms with Crippen molar-refractivity contribution < 1.29 is 4.79 Å². The van der Waals surface area contributed by atoms with Crippen LogP contribution in [0.15, 0.2) is 35.5 Å². The van der Waals surface area contributed by atoms with Gasteiger partial charge in [0, 0.05) is 24.0 Å². The van der Waals surface area contributed by atoms with Gasteiger partial charge in [0.2, 0.25) is 5.16 Å². The number of hydrogen-bond donors (Lipinski definition) is 0. The van der Waals surface area contributed by atoms with Gasteiger partial charge in [-0.25, -0.2) is 0 Å². The van der Waals surface area contributed by atoms with E-state index in [0.29, 0.717) is 10.9 Å². The van der Waals surface area contributed by atoms with Gasteiger partial charge >= 0.3 is 0 Å². The molecule has 0 saturated carbocycles. The summed E-state index contributed by atoms with van der Waals surface area (Å²) in [5.41, 5.74) is 4.82. The van der Waals surface area contributed by atoms with E-state index in [9.17, 15) is 4.79 Å². The molecule has 0 spiro atoms. The lowest BCUT2D eigenvalue weighted by Gasteiger charge is -2.07. The van der Waals surface area contributed by atoms with Crippen LogP contribution in [0.4, 0.5) is 0 Å². The Labute approximate surface area is 144 Å². The van der Waals surface area contributed by atoms with Gasteiger partial charge in [-0.05, 0) is 48.9 Å². The number of benzene rings is 1. The summed E-state index contributed by atoms with van der Waals surface area (Å²) in [4.78, 5) is 12.5. The van der Waals surface area contributed by atoms with Crippen LogP contribution in [0.25, 0.3) is 5.69 Å². The molecule has 0 aliphatic carbocycles. The van der Waals surface area contributed by atoms with Crippen LogP contribution in [0.5, 0.6) is 0 Å². The quantitative estimate of drug-likeness (QED) is 0.527. The van der Waals surface area contributed by atoms with Crippen molar-refractivity contribution in [3.8, 4) is 5.69 Å². The van der Waals surface area contributed by atoms with Crippen LogP contribution in [-0.2, 0) is 7.05 Å². The smallest absolute Gasteiger partial charge is 0.214 e. The van der Waals surface area contributed by atoms with E-state index in [4.69, 9.17) is 0 Å². The maximum atomic E-state index is 12.5. The number of para-hydroxylation sites is 1. The van der Waals surface area contributed by atoms with E-state index in [0.717, 1.165) is 28.2 Å². The molecule has 6 nitrogen and oxygen atoms in total. The monoisotopic (exact) mass is 341 g/mol. The minimum absolute atomic E-state index is 0.0838. The van der Waals surface area contributed by atoms with Crippen molar-refractivity contribution in [2.24, 2.45) is 7.05 Å². The first kappa shape index (κ1) is 16.4. The maximum Gasteiger partial charge on any atom is 0.214 e. The molecule has 24 heavy (non-hydrogen) atoms. The van der Waals surface area contributed by atoms with E-state index >= 15 is 0 Å². The molecule has 1 aromatic carbocycles. The lowest BCUT2D eigenvalue weighted by atomic mass is 10.2. The molecule has 3 rings (SSSR count).